The summed E-state index contributed by atoms with van der Waals surface area (Å²) in [6, 6.07) is 3.50. The highest BCUT2D eigenvalue weighted by molar-refractivity contribution is 7.12. The summed E-state index contributed by atoms with van der Waals surface area (Å²) in [6.45, 7) is 2.22. The van der Waals surface area contributed by atoms with E-state index in [1.54, 1.807) is 26.1 Å². The average Bonchev–Trinajstić information content (AvgIpc) is 3.07. The third-order valence-electron chi connectivity index (χ3n) is 3.79. The van der Waals surface area contributed by atoms with Gasteiger partial charge in [-0.1, -0.05) is 6.07 Å². The van der Waals surface area contributed by atoms with E-state index in [4.69, 9.17) is 5.11 Å². The van der Waals surface area contributed by atoms with Crippen molar-refractivity contribution < 1.29 is 19.5 Å². The topological polar surface area (TPSA) is 77.9 Å². The predicted octanol–water partition coefficient (Wildman–Crippen LogP) is 1.14. The van der Waals surface area contributed by atoms with E-state index < -0.39 is 11.4 Å². The summed E-state index contributed by atoms with van der Waals surface area (Å²) in [5.41, 5.74) is -0.883. The second-order valence-corrected chi connectivity index (χ2v) is 6.52. The molecule has 2 amide bonds. The lowest BCUT2D eigenvalue weighted by atomic mass is 9.90. The Labute approximate surface area is 127 Å². The van der Waals surface area contributed by atoms with Gasteiger partial charge in [0.2, 0.25) is 5.91 Å². The summed E-state index contributed by atoms with van der Waals surface area (Å²) in [7, 11) is 1.58. The number of aliphatic carboxylic acids is 1. The van der Waals surface area contributed by atoms with Crippen molar-refractivity contribution in [1.29, 1.82) is 0 Å². The van der Waals surface area contributed by atoms with Crippen molar-refractivity contribution in [3.63, 3.8) is 0 Å². The summed E-state index contributed by atoms with van der Waals surface area (Å²) in [6.07, 6.45) is 0.441. The molecule has 0 bridgehead atoms. The van der Waals surface area contributed by atoms with Gasteiger partial charge in [0, 0.05) is 20.1 Å². The molecule has 0 saturated carbocycles. The van der Waals surface area contributed by atoms with Gasteiger partial charge >= 0.3 is 5.97 Å². The lowest BCUT2D eigenvalue weighted by Gasteiger charge is -2.23. The normalized spacial score (nSPS) is 21.3. The lowest BCUT2D eigenvalue weighted by molar-refractivity contribution is -0.147. The van der Waals surface area contributed by atoms with Gasteiger partial charge in [0.05, 0.1) is 16.8 Å². The number of carbonyl (C=O) groups is 3. The number of carboxylic acids is 1. The van der Waals surface area contributed by atoms with Crippen molar-refractivity contribution in [3.8, 4) is 0 Å². The molecule has 1 aliphatic rings. The predicted molar refractivity (Wildman–Crippen MR) is 78.2 cm³/mol. The molecule has 1 saturated heterocycles. The Morgan fingerprint density at radius 3 is 2.71 bits per heavy atom. The molecule has 7 heteroatoms. The molecule has 1 aliphatic heterocycles. The van der Waals surface area contributed by atoms with Gasteiger partial charge in [-0.15, -0.1) is 11.3 Å². The first-order chi connectivity index (χ1) is 9.83. The molecule has 114 valence electrons. The van der Waals surface area contributed by atoms with Gasteiger partial charge in [-0.2, -0.15) is 0 Å². The van der Waals surface area contributed by atoms with Crippen molar-refractivity contribution in [1.82, 2.24) is 9.80 Å². The molecule has 1 aromatic heterocycles. The van der Waals surface area contributed by atoms with Gasteiger partial charge in [0.1, 0.15) is 0 Å². The van der Waals surface area contributed by atoms with Crippen LogP contribution in [0.15, 0.2) is 17.5 Å². The van der Waals surface area contributed by atoms with Crippen LogP contribution in [-0.4, -0.2) is 59.4 Å². The largest absolute Gasteiger partial charge is 0.481 e. The van der Waals surface area contributed by atoms with Crippen LogP contribution in [0.5, 0.6) is 0 Å². The molecular weight excluding hydrogens is 292 g/mol. The Kier molecular flexibility index (Phi) is 4.32. The maximum Gasteiger partial charge on any atom is 0.311 e. The van der Waals surface area contributed by atoms with Crippen molar-refractivity contribution >= 4 is 29.1 Å². The number of carboxylic acid groups (broad SMARTS) is 1. The van der Waals surface area contributed by atoms with Crippen molar-refractivity contribution in [2.45, 2.75) is 13.3 Å². The average molecular weight is 310 g/mol. The third kappa shape index (κ3) is 3.24. The molecule has 1 unspecified atom stereocenters. The molecule has 1 fully saturated rings. The molecule has 0 radical (unpaired) electrons. The van der Waals surface area contributed by atoms with Gasteiger partial charge in [-0.05, 0) is 24.8 Å². The molecule has 2 rings (SSSR count). The number of carbonyl (C=O) groups excluding carboxylic acids is 2. The minimum Gasteiger partial charge on any atom is -0.481 e. The number of nitrogens with zero attached hydrogens (tertiary/aromatic N) is 2. The van der Waals surface area contributed by atoms with E-state index in [0.717, 1.165) is 0 Å². The van der Waals surface area contributed by atoms with Gasteiger partial charge in [-0.3, -0.25) is 14.4 Å². The van der Waals surface area contributed by atoms with Crippen LogP contribution in [0.1, 0.15) is 23.0 Å². The van der Waals surface area contributed by atoms with Crippen LogP contribution in [-0.2, 0) is 9.59 Å². The van der Waals surface area contributed by atoms with Crippen LogP contribution in [0.25, 0.3) is 0 Å². The number of thiophene rings is 1. The smallest absolute Gasteiger partial charge is 0.311 e. The molecule has 6 nitrogen and oxygen atoms in total. The zero-order valence-corrected chi connectivity index (χ0v) is 12.9. The van der Waals surface area contributed by atoms with Crippen molar-refractivity contribution in [3.05, 3.63) is 22.4 Å². The Morgan fingerprint density at radius 2 is 2.19 bits per heavy atom. The molecule has 1 atom stereocenters. The van der Waals surface area contributed by atoms with Gasteiger partial charge < -0.3 is 14.9 Å². The highest BCUT2D eigenvalue weighted by Gasteiger charge is 2.42. The molecule has 0 aromatic carbocycles. The van der Waals surface area contributed by atoms with Gasteiger partial charge in [0.25, 0.3) is 5.91 Å². The summed E-state index contributed by atoms with van der Waals surface area (Å²) in [4.78, 5) is 38.9. The number of likely N-dealkylation sites (tertiary alicyclic amines) is 1. The van der Waals surface area contributed by atoms with Crippen molar-refractivity contribution in [2.24, 2.45) is 5.41 Å². The monoisotopic (exact) mass is 310 g/mol. The highest BCUT2D eigenvalue weighted by atomic mass is 32.1. The minimum absolute atomic E-state index is 0.0353. The van der Waals surface area contributed by atoms with Crippen LogP contribution in [0, 0.1) is 5.41 Å². The van der Waals surface area contributed by atoms with E-state index in [0.29, 0.717) is 17.8 Å². The van der Waals surface area contributed by atoms with Crippen LogP contribution in [0.2, 0.25) is 0 Å². The minimum atomic E-state index is -0.888. The molecular formula is C14H18N2O4S. The van der Waals surface area contributed by atoms with Crippen molar-refractivity contribution in [2.75, 3.05) is 26.7 Å². The second-order valence-electron chi connectivity index (χ2n) is 5.57. The first-order valence-corrected chi connectivity index (χ1v) is 7.51. The Balaban J connectivity index is 1.93. The Morgan fingerprint density at radius 1 is 1.48 bits per heavy atom. The van der Waals surface area contributed by atoms with E-state index in [-0.39, 0.29) is 24.9 Å². The molecule has 1 N–H and O–H groups in total. The number of amides is 2. The Bertz CT molecular complexity index is 557. The van der Waals surface area contributed by atoms with E-state index >= 15 is 0 Å². The fourth-order valence-corrected chi connectivity index (χ4v) is 3.03. The standard InChI is InChI=1S/C14H18N2O4S/c1-14(13(19)20)5-6-16(9-14)11(17)8-15(2)12(18)10-4-3-7-21-10/h3-4,7H,5-6,8-9H2,1-2H3,(H,19,20). The molecule has 1 aromatic rings. The van der Waals surface area contributed by atoms with E-state index in [2.05, 4.69) is 0 Å². The first-order valence-electron chi connectivity index (χ1n) is 6.63. The molecule has 0 spiro atoms. The number of hydrogen-bond donors (Lipinski definition) is 1. The molecule has 0 aliphatic carbocycles. The fraction of sp³-hybridized carbons (Fsp3) is 0.500. The maximum atomic E-state index is 12.2. The second kappa shape index (κ2) is 5.85. The zero-order chi connectivity index (χ0) is 15.6. The maximum absolute atomic E-state index is 12.2. The van der Waals surface area contributed by atoms with E-state index in [1.807, 2.05) is 5.38 Å². The van der Waals surface area contributed by atoms with Crippen LogP contribution < -0.4 is 0 Å². The van der Waals surface area contributed by atoms with Crippen LogP contribution in [0.3, 0.4) is 0 Å². The SMILES string of the molecule is CN(CC(=O)N1CCC(C)(C(=O)O)C1)C(=O)c1cccs1. The van der Waals surface area contributed by atoms with Crippen LogP contribution >= 0.6 is 11.3 Å². The number of likely N-dealkylation sites (N-methyl/N-ethyl adjacent to an activating group) is 1. The summed E-state index contributed by atoms with van der Waals surface area (Å²) in [5, 5.41) is 11.0. The number of hydrogen-bond acceptors (Lipinski definition) is 4. The van der Waals surface area contributed by atoms with E-state index in [1.165, 1.54) is 21.1 Å². The third-order valence-corrected chi connectivity index (χ3v) is 4.65. The van der Waals surface area contributed by atoms with E-state index in [9.17, 15) is 14.4 Å². The zero-order valence-electron chi connectivity index (χ0n) is 12.0. The quantitative estimate of drug-likeness (QED) is 0.904. The Hall–Kier alpha value is -1.89. The molecule has 21 heavy (non-hydrogen) atoms. The highest BCUT2D eigenvalue weighted by Crippen LogP contribution is 2.30. The summed E-state index contributed by atoms with van der Waals surface area (Å²) in [5.74, 6) is -1.30. The van der Waals surface area contributed by atoms with Gasteiger partial charge in [0.15, 0.2) is 0 Å². The molecule has 2 heterocycles. The van der Waals surface area contributed by atoms with Crippen LogP contribution in [0.4, 0.5) is 0 Å². The summed E-state index contributed by atoms with van der Waals surface area (Å²) >= 11 is 1.33. The number of rotatable bonds is 4. The van der Waals surface area contributed by atoms with Gasteiger partial charge in [-0.25, -0.2) is 0 Å². The first kappa shape index (κ1) is 15.5. The fourth-order valence-electron chi connectivity index (χ4n) is 2.31. The summed E-state index contributed by atoms with van der Waals surface area (Å²) < 4.78 is 0. The lowest BCUT2D eigenvalue weighted by Crippen LogP contribution is -2.41.